The van der Waals surface area contributed by atoms with Crippen molar-refractivity contribution in [3.63, 3.8) is 0 Å². The second-order valence-corrected chi connectivity index (χ2v) is 8.96. The molecular weight excluding hydrogens is 384 g/mol. The van der Waals surface area contributed by atoms with Crippen molar-refractivity contribution >= 4 is 21.6 Å². The van der Waals surface area contributed by atoms with Gasteiger partial charge in [-0.1, -0.05) is 54.6 Å². The van der Waals surface area contributed by atoms with Crippen LogP contribution in [0, 0.1) is 0 Å². The molecule has 0 aromatic heterocycles. The fourth-order valence-corrected chi connectivity index (χ4v) is 4.73. The number of fused-ring (bicyclic) bond motifs is 1. The van der Waals surface area contributed by atoms with Gasteiger partial charge in [-0.05, 0) is 48.7 Å². The highest BCUT2D eigenvalue weighted by Gasteiger charge is 2.31. The second-order valence-electron chi connectivity index (χ2n) is 7.19. The molecule has 1 N–H and O–H groups in total. The Morgan fingerprint density at radius 3 is 2.52 bits per heavy atom. The van der Waals surface area contributed by atoms with Crippen molar-refractivity contribution in [1.29, 1.82) is 0 Å². The highest BCUT2D eigenvalue weighted by molar-refractivity contribution is 7.89. The maximum atomic E-state index is 13.2. The lowest BCUT2D eigenvalue weighted by atomic mass is 10.1. The van der Waals surface area contributed by atoms with Crippen LogP contribution in [0.15, 0.2) is 83.8 Å². The van der Waals surface area contributed by atoms with Gasteiger partial charge in [0.2, 0.25) is 10.0 Å². The monoisotopic (exact) mass is 406 g/mol. The van der Waals surface area contributed by atoms with Crippen molar-refractivity contribution in [2.45, 2.75) is 30.8 Å². The summed E-state index contributed by atoms with van der Waals surface area (Å²) in [4.78, 5) is 15.0. The first-order valence-electron chi connectivity index (χ1n) is 9.51. The lowest BCUT2D eigenvalue weighted by Crippen LogP contribution is -2.35. The Morgan fingerprint density at radius 2 is 1.72 bits per heavy atom. The van der Waals surface area contributed by atoms with Crippen LogP contribution in [0.2, 0.25) is 0 Å². The molecule has 0 unspecified atom stereocenters. The summed E-state index contributed by atoms with van der Waals surface area (Å²) in [6.45, 7) is 2.19. The standard InChI is InChI=1S/C23H22N2O3S/c1-17-14-19-10-5-6-13-22(19)25(17)23(26)20-11-7-12-21(15-20)29(27,28)24-16-18-8-3-2-4-9-18/h2-13,15,17,24H,14,16H2,1H3/t17-/m0/s1. The summed E-state index contributed by atoms with van der Waals surface area (Å²) in [5.74, 6) is -0.192. The van der Waals surface area contributed by atoms with E-state index in [2.05, 4.69) is 4.72 Å². The summed E-state index contributed by atoms with van der Waals surface area (Å²) in [5, 5.41) is 0. The summed E-state index contributed by atoms with van der Waals surface area (Å²) < 4.78 is 28.1. The molecule has 3 aromatic carbocycles. The van der Waals surface area contributed by atoms with Gasteiger partial charge in [0.05, 0.1) is 4.90 Å². The Balaban J connectivity index is 1.58. The third-order valence-corrected chi connectivity index (χ3v) is 6.53. The van der Waals surface area contributed by atoms with E-state index in [0.717, 1.165) is 23.2 Å². The van der Waals surface area contributed by atoms with Gasteiger partial charge in [-0.3, -0.25) is 4.79 Å². The number of sulfonamides is 1. The minimum Gasteiger partial charge on any atom is -0.305 e. The molecule has 29 heavy (non-hydrogen) atoms. The van der Waals surface area contributed by atoms with E-state index in [1.54, 1.807) is 17.0 Å². The Hall–Kier alpha value is -2.96. The van der Waals surface area contributed by atoms with Crippen LogP contribution in [-0.4, -0.2) is 20.4 Å². The largest absolute Gasteiger partial charge is 0.305 e. The van der Waals surface area contributed by atoms with Crippen LogP contribution in [0.1, 0.15) is 28.4 Å². The number of carbonyl (C=O) groups is 1. The Labute approximate surface area is 171 Å². The topological polar surface area (TPSA) is 66.5 Å². The first kappa shape index (κ1) is 19.4. The molecule has 1 aliphatic rings. The number of nitrogens with zero attached hydrogens (tertiary/aromatic N) is 1. The van der Waals surface area contributed by atoms with E-state index >= 15 is 0 Å². The van der Waals surface area contributed by atoms with E-state index < -0.39 is 10.0 Å². The molecule has 0 bridgehead atoms. The van der Waals surface area contributed by atoms with E-state index in [-0.39, 0.29) is 23.4 Å². The van der Waals surface area contributed by atoms with Crippen molar-refractivity contribution < 1.29 is 13.2 Å². The molecule has 0 aliphatic carbocycles. The van der Waals surface area contributed by atoms with Gasteiger partial charge < -0.3 is 4.90 Å². The molecule has 3 aromatic rings. The molecule has 148 valence electrons. The van der Waals surface area contributed by atoms with Gasteiger partial charge in [-0.15, -0.1) is 0 Å². The van der Waals surface area contributed by atoms with E-state index in [4.69, 9.17) is 0 Å². The molecule has 0 saturated carbocycles. The third kappa shape index (κ3) is 3.95. The molecule has 4 rings (SSSR count). The normalized spacial score (nSPS) is 15.9. The Bertz CT molecular complexity index is 1140. The van der Waals surface area contributed by atoms with E-state index in [1.807, 2.05) is 61.5 Å². The molecule has 0 fully saturated rings. The second kappa shape index (κ2) is 7.81. The third-order valence-electron chi connectivity index (χ3n) is 5.13. The van der Waals surface area contributed by atoms with Crippen LogP contribution < -0.4 is 9.62 Å². The molecular formula is C23H22N2O3S. The molecule has 6 heteroatoms. The van der Waals surface area contributed by atoms with Gasteiger partial charge in [0.1, 0.15) is 0 Å². The first-order valence-corrected chi connectivity index (χ1v) is 11.0. The van der Waals surface area contributed by atoms with Gasteiger partial charge in [-0.25, -0.2) is 13.1 Å². The number of hydrogen-bond acceptors (Lipinski definition) is 3. The van der Waals surface area contributed by atoms with Crippen molar-refractivity contribution in [2.24, 2.45) is 0 Å². The molecule has 1 heterocycles. The van der Waals surface area contributed by atoms with Crippen LogP contribution in [0.25, 0.3) is 0 Å². The molecule has 1 aliphatic heterocycles. The first-order chi connectivity index (χ1) is 14.0. The summed E-state index contributed by atoms with van der Waals surface area (Å²) >= 11 is 0. The Morgan fingerprint density at radius 1 is 1.00 bits per heavy atom. The summed E-state index contributed by atoms with van der Waals surface area (Å²) in [5.41, 5.74) is 3.24. The predicted molar refractivity (Wildman–Crippen MR) is 113 cm³/mol. The van der Waals surface area contributed by atoms with E-state index in [1.165, 1.54) is 12.1 Å². The molecule has 0 radical (unpaired) electrons. The smallest absolute Gasteiger partial charge is 0.258 e. The van der Waals surface area contributed by atoms with Crippen molar-refractivity contribution in [3.8, 4) is 0 Å². The molecule has 5 nitrogen and oxygen atoms in total. The predicted octanol–water partition coefficient (Wildman–Crippen LogP) is 3.76. The summed E-state index contributed by atoms with van der Waals surface area (Å²) in [6, 6.07) is 23.4. The van der Waals surface area contributed by atoms with Crippen LogP contribution in [0.5, 0.6) is 0 Å². The zero-order chi connectivity index (χ0) is 20.4. The lowest BCUT2D eigenvalue weighted by Gasteiger charge is -2.23. The number of para-hydroxylation sites is 1. The van der Waals surface area contributed by atoms with Gasteiger partial charge in [0, 0.05) is 23.8 Å². The number of amides is 1. The number of anilines is 1. The van der Waals surface area contributed by atoms with Gasteiger partial charge in [0.25, 0.3) is 5.91 Å². The minimum atomic E-state index is -3.73. The van der Waals surface area contributed by atoms with E-state index in [0.29, 0.717) is 5.56 Å². The Kier molecular flexibility index (Phi) is 5.22. The number of hydrogen-bond donors (Lipinski definition) is 1. The minimum absolute atomic E-state index is 0.0244. The number of carbonyl (C=O) groups excluding carboxylic acids is 1. The highest BCUT2D eigenvalue weighted by atomic mass is 32.2. The van der Waals surface area contributed by atoms with Crippen LogP contribution in [0.4, 0.5) is 5.69 Å². The zero-order valence-corrected chi connectivity index (χ0v) is 16.9. The summed E-state index contributed by atoms with van der Waals surface area (Å²) in [6.07, 6.45) is 0.790. The molecule has 1 amide bonds. The average molecular weight is 407 g/mol. The molecule has 0 spiro atoms. The van der Waals surface area contributed by atoms with Crippen LogP contribution in [0.3, 0.4) is 0 Å². The number of benzene rings is 3. The lowest BCUT2D eigenvalue weighted by molar-refractivity contribution is 0.0981. The van der Waals surface area contributed by atoms with E-state index in [9.17, 15) is 13.2 Å². The highest BCUT2D eigenvalue weighted by Crippen LogP contribution is 2.33. The molecule has 1 atom stereocenters. The van der Waals surface area contributed by atoms with Crippen molar-refractivity contribution in [3.05, 3.63) is 95.6 Å². The SMILES string of the molecule is C[C@H]1Cc2ccccc2N1C(=O)c1cccc(S(=O)(=O)NCc2ccccc2)c1. The average Bonchev–Trinajstić information content (AvgIpc) is 3.08. The molecule has 0 saturated heterocycles. The fraction of sp³-hybridized carbons (Fsp3) is 0.174. The number of nitrogens with one attached hydrogen (secondary N) is 1. The maximum absolute atomic E-state index is 13.2. The van der Waals surface area contributed by atoms with Crippen molar-refractivity contribution in [2.75, 3.05) is 4.90 Å². The quantitative estimate of drug-likeness (QED) is 0.702. The van der Waals surface area contributed by atoms with Gasteiger partial charge in [-0.2, -0.15) is 0 Å². The summed E-state index contributed by atoms with van der Waals surface area (Å²) in [7, 11) is -3.73. The van der Waals surface area contributed by atoms with Gasteiger partial charge in [0.15, 0.2) is 0 Å². The number of rotatable bonds is 5. The maximum Gasteiger partial charge on any atom is 0.258 e. The van der Waals surface area contributed by atoms with Gasteiger partial charge >= 0.3 is 0 Å². The van der Waals surface area contributed by atoms with Crippen LogP contribution >= 0.6 is 0 Å². The zero-order valence-electron chi connectivity index (χ0n) is 16.1. The fourth-order valence-electron chi connectivity index (χ4n) is 3.67. The van der Waals surface area contributed by atoms with Crippen molar-refractivity contribution in [1.82, 2.24) is 4.72 Å². The van der Waals surface area contributed by atoms with Crippen LogP contribution in [-0.2, 0) is 23.0 Å².